The molecule has 1 aliphatic rings. The van der Waals surface area contributed by atoms with Gasteiger partial charge in [-0.05, 0) is 67.4 Å². The Labute approximate surface area is 176 Å². The first-order valence-electron chi connectivity index (χ1n) is 10.2. The quantitative estimate of drug-likeness (QED) is 0.464. The first-order chi connectivity index (χ1) is 14.7. The van der Waals surface area contributed by atoms with Gasteiger partial charge in [-0.25, -0.2) is 4.79 Å². The van der Waals surface area contributed by atoms with Gasteiger partial charge in [0.2, 0.25) is 0 Å². The number of esters is 1. The zero-order chi connectivity index (χ0) is 20.8. The van der Waals surface area contributed by atoms with Gasteiger partial charge in [-0.1, -0.05) is 30.3 Å². The molecule has 1 N–H and O–H groups in total. The number of aromatic hydroxyl groups is 1. The number of nitrogens with zero attached hydrogens (tertiary/aromatic N) is 1. The highest BCUT2D eigenvalue weighted by molar-refractivity contribution is 5.91. The van der Waals surface area contributed by atoms with E-state index < -0.39 is 5.97 Å². The van der Waals surface area contributed by atoms with E-state index in [-0.39, 0.29) is 5.75 Å². The fourth-order valence-corrected chi connectivity index (χ4v) is 3.50. The fourth-order valence-electron chi connectivity index (χ4n) is 3.50. The average molecular weight is 402 g/mol. The zero-order valence-electron chi connectivity index (χ0n) is 16.7. The third-order valence-corrected chi connectivity index (χ3v) is 5.08. The molecule has 0 aliphatic carbocycles. The van der Waals surface area contributed by atoms with E-state index in [1.165, 1.54) is 12.8 Å². The Balaban J connectivity index is 1.40. The summed E-state index contributed by atoms with van der Waals surface area (Å²) in [6, 6.07) is 22.4. The second kappa shape index (κ2) is 9.46. The largest absolute Gasteiger partial charge is 0.508 e. The van der Waals surface area contributed by atoms with Crippen molar-refractivity contribution in [3.8, 4) is 28.4 Å². The monoisotopic (exact) mass is 402 g/mol. The molecule has 3 aromatic rings. The molecule has 3 aromatic carbocycles. The van der Waals surface area contributed by atoms with Crippen molar-refractivity contribution in [2.24, 2.45) is 0 Å². The fraction of sp³-hybridized carbons (Fsp3) is 0.240. The highest BCUT2D eigenvalue weighted by Crippen LogP contribution is 2.30. The van der Waals surface area contributed by atoms with E-state index in [2.05, 4.69) is 11.0 Å². The molecular formula is C25H24NO4. The molecular weight excluding hydrogens is 378 g/mol. The summed E-state index contributed by atoms with van der Waals surface area (Å²) in [4.78, 5) is 14.5. The molecule has 153 valence electrons. The molecule has 30 heavy (non-hydrogen) atoms. The SMILES string of the molecule is O=C(Oc1ccc(-c2[c]c(OCCN3CCCC3)cc(O)c2)cc1)c1ccccc1. The van der Waals surface area contributed by atoms with E-state index in [0.29, 0.717) is 29.2 Å². The molecule has 0 saturated carbocycles. The highest BCUT2D eigenvalue weighted by atomic mass is 16.5. The van der Waals surface area contributed by atoms with Crippen molar-refractivity contribution < 1.29 is 19.4 Å². The van der Waals surface area contributed by atoms with Crippen LogP contribution in [0, 0.1) is 6.07 Å². The molecule has 0 bridgehead atoms. The van der Waals surface area contributed by atoms with Crippen molar-refractivity contribution in [3.63, 3.8) is 0 Å². The summed E-state index contributed by atoms with van der Waals surface area (Å²) >= 11 is 0. The predicted octanol–water partition coefficient (Wildman–Crippen LogP) is 4.55. The second-order valence-corrected chi connectivity index (χ2v) is 7.29. The van der Waals surface area contributed by atoms with Crippen LogP contribution in [0.3, 0.4) is 0 Å². The van der Waals surface area contributed by atoms with Crippen molar-refractivity contribution in [1.29, 1.82) is 0 Å². The molecule has 1 heterocycles. The number of hydrogen-bond acceptors (Lipinski definition) is 5. The summed E-state index contributed by atoms with van der Waals surface area (Å²) in [7, 11) is 0. The van der Waals surface area contributed by atoms with Crippen LogP contribution in [0.15, 0.2) is 66.7 Å². The number of hydrogen-bond donors (Lipinski definition) is 1. The van der Waals surface area contributed by atoms with Crippen LogP contribution >= 0.6 is 0 Å². The number of likely N-dealkylation sites (tertiary alicyclic amines) is 1. The summed E-state index contributed by atoms with van der Waals surface area (Å²) < 4.78 is 11.2. The minimum Gasteiger partial charge on any atom is -0.508 e. The van der Waals surface area contributed by atoms with Gasteiger partial charge in [0.15, 0.2) is 0 Å². The molecule has 0 unspecified atom stereocenters. The van der Waals surface area contributed by atoms with Gasteiger partial charge in [0.1, 0.15) is 23.9 Å². The molecule has 1 saturated heterocycles. The summed E-state index contributed by atoms with van der Waals surface area (Å²) in [5, 5.41) is 10.1. The smallest absolute Gasteiger partial charge is 0.343 e. The second-order valence-electron chi connectivity index (χ2n) is 7.29. The van der Waals surface area contributed by atoms with Gasteiger partial charge in [0.05, 0.1) is 5.56 Å². The lowest BCUT2D eigenvalue weighted by Gasteiger charge is -2.15. The van der Waals surface area contributed by atoms with E-state index in [4.69, 9.17) is 9.47 Å². The van der Waals surface area contributed by atoms with Crippen molar-refractivity contribution >= 4 is 5.97 Å². The maximum atomic E-state index is 12.2. The van der Waals surface area contributed by atoms with Gasteiger partial charge >= 0.3 is 5.97 Å². The normalized spacial score (nSPS) is 13.9. The Bertz CT molecular complexity index is 980. The third kappa shape index (κ3) is 5.19. The Morgan fingerprint density at radius 2 is 1.73 bits per heavy atom. The Morgan fingerprint density at radius 1 is 1.00 bits per heavy atom. The minimum atomic E-state index is -0.402. The van der Waals surface area contributed by atoms with Crippen LogP contribution < -0.4 is 9.47 Å². The van der Waals surface area contributed by atoms with E-state index in [9.17, 15) is 9.90 Å². The zero-order valence-corrected chi connectivity index (χ0v) is 16.7. The van der Waals surface area contributed by atoms with Gasteiger partial charge in [-0.3, -0.25) is 4.90 Å². The van der Waals surface area contributed by atoms with Crippen molar-refractivity contribution in [1.82, 2.24) is 4.90 Å². The molecule has 4 rings (SSSR count). The van der Waals surface area contributed by atoms with Gasteiger partial charge < -0.3 is 14.6 Å². The highest BCUT2D eigenvalue weighted by Gasteiger charge is 2.12. The van der Waals surface area contributed by atoms with Crippen molar-refractivity contribution in [2.75, 3.05) is 26.2 Å². The van der Waals surface area contributed by atoms with Gasteiger partial charge in [-0.2, -0.15) is 0 Å². The van der Waals surface area contributed by atoms with Gasteiger partial charge in [0.25, 0.3) is 0 Å². The molecule has 5 nitrogen and oxygen atoms in total. The number of ether oxygens (including phenoxy) is 2. The van der Waals surface area contributed by atoms with Crippen LogP contribution in [0.25, 0.3) is 11.1 Å². The van der Waals surface area contributed by atoms with Crippen LogP contribution in [0.5, 0.6) is 17.2 Å². The molecule has 0 spiro atoms. The molecule has 0 amide bonds. The Hall–Kier alpha value is -3.31. The predicted molar refractivity (Wildman–Crippen MR) is 115 cm³/mol. The Morgan fingerprint density at radius 3 is 2.47 bits per heavy atom. The number of rotatable bonds is 7. The minimum absolute atomic E-state index is 0.125. The molecule has 5 heteroatoms. The molecule has 0 aromatic heterocycles. The first-order valence-corrected chi connectivity index (χ1v) is 10.2. The number of benzene rings is 3. The lowest BCUT2D eigenvalue weighted by atomic mass is 10.0. The standard InChI is InChI=1S/C25H24NO4/c27-22-16-21(17-24(18-22)29-15-14-26-12-4-5-13-26)19-8-10-23(11-9-19)30-25(28)20-6-2-1-3-7-20/h1-3,6-11,16,18,27H,4-5,12-15H2. The van der Waals surface area contributed by atoms with Crippen LogP contribution in [0.2, 0.25) is 0 Å². The van der Waals surface area contributed by atoms with Crippen LogP contribution in [-0.4, -0.2) is 42.2 Å². The molecule has 1 fully saturated rings. The lowest BCUT2D eigenvalue weighted by Crippen LogP contribution is -2.25. The molecule has 1 radical (unpaired) electrons. The number of carbonyl (C=O) groups is 1. The summed E-state index contributed by atoms with van der Waals surface area (Å²) in [5.74, 6) is 0.694. The summed E-state index contributed by atoms with van der Waals surface area (Å²) in [5.41, 5.74) is 2.06. The van der Waals surface area contributed by atoms with Gasteiger partial charge in [-0.15, -0.1) is 0 Å². The Kier molecular flexibility index (Phi) is 6.30. The number of carbonyl (C=O) groups excluding carboxylic acids is 1. The van der Waals surface area contributed by atoms with E-state index in [1.54, 1.807) is 48.5 Å². The number of phenolic OH excluding ortho intramolecular Hbond substituents is 1. The van der Waals surface area contributed by atoms with Gasteiger partial charge in [0, 0.05) is 18.7 Å². The van der Waals surface area contributed by atoms with E-state index in [0.717, 1.165) is 25.2 Å². The van der Waals surface area contributed by atoms with Crippen LogP contribution in [-0.2, 0) is 0 Å². The average Bonchev–Trinajstić information content (AvgIpc) is 3.28. The van der Waals surface area contributed by atoms with E-state index >= 15 is 0 Å². The first kappa shape index (κ1) is 20.0. The van der Waals surface area contributed by atoms with E-state index in [1.807, 2.05) is 18.2 Å². The topological polar surface area (TPSA) is 59.0 Å². The van der Waals surface area contributed by atoms with Crippen LogP contribution in [0.1, 0.15) is 23.2 Å². The lowest BCUT2D eigenvalue weighted by molar-refractivity contribution is 0.0735. The molecule has 0 atom stereocenters. The summed E-state index contributed by atoms with van der Waals surface area (Å²) in [6.07, 6.45) is 2.50. The van der Waals surface area contributed by atoms with Crippen LogP contribution in [0.4, 0.5) is 0 Å². The molecule has 1 aliphatic heterocycles. The number of phenols is 1. The van der Waals surface area contributed by atoms with Crippen molar-refractivity contribution in [2.45, 2.75) is 12.8 Å². The maximum absolute atomic E-state index is 12.2. The summed E-state index contributed by atoms with van der Waals surface area (Å²) in [6.45, 7) is 3.69. The maximum Gasteiger partial charge on any atom is 0.343 e. The van der Waals surface area contributed by atoms with Crippen molar-refractivity contribution in [3.05, 3.63) is 78.4 Å². The third-order valence-electron chi connectivity index (χ3n) is 5.08.